The molecule has 0 saturated carbocycles. The summed E-state index contributed by atoms with van der Waals surface area (Å²) in [7, 11) is 1.89. The monoisotopic (exact) mass is 246 g/mol. The first-order valence-corrected chi connectivity index (χ1v) is 6.22. The molecule has 102 valence electrons. The molecule has 0 fully saturated rings. The first kappa shape index (κ1) is 16.4. The molecule has 0 aromatic carbocycles. The van der Waals surface area contributed by atoms with E-state index in [-0.39, 0.29) is 24.6 Å². The highest BCUT2D eigenvalue weighted by Gasteiger charge is 2.18. The SMILES string of the molecule is CCC(C)NC(=O)C(C)N(C)CCOCCO. The summed E-state index contributed by atoms with van der Waals surface area (Å²) in [6.07, 6.45) is 0.932. The van der Waals surface area contributed by atoms with Crippen LogP contribution in [-0.2, 0) is 9.53 Å². The molecule has 0 rings (SSSR count). The van der Waals surface area contributed by atoms with E-state index in [1.165, 1.54) is 0 Å². The molecular formula is C12H26N2O3. The van der Waals surface area contributed by atoms with Gasteiger partial charge in [-0.2, -0.15) is 0 Å². The van der Waals surface area contributed by atoms with Gasteiger partial charge in [-0.15, -0.1) is 0 Å². The Hall–Kier alpha value is -0.650. The van der Waals surface area contributed by atoms with Crippen LogP contribution < -0.4 is 5.32 Å². The number of aliphatic hydroxyl groups excluding tert-OH is 1. The number of likely N-dealkylation sites (N-methyl/N-ethyl adjacent to an activating group) is 1. The molecule has 0 aliphatic rings. The third-order valence-electron chi connectivity index (χ3n) is 2.87. The molecule has 0 radical (unpaired) electrons. The second kappa shape index (κ2) is 9.39. The molecular weight excluding hydrogens is 220 g/mol. The first-order valence-electron chi connectivity index (χ1n) is 6.22. The van der Waals surface area contributed by atoms with Crippen molar-refractivity contribution in [3.8, 4) is 0 Å². The predicted molar refractivity (Wildman–Crippen MR) is 67.9 cm³/mol. The van der Waals surface area contributed by atoms with Gasteiger partial charge in [-0.3, -0.25) is 9.69 Å². The van der Waals surface area contributed by atoms with Crippen LogP contribution in [0.3, 0.4) is 0 Å². The van der Waals surface area contributed by atoms with Crippen molar-refractivity contribution in [2.45, 2.75) is 39.3 Å². The number of amides is 1. The molecule has 17 heavy (non-hydrogen) atoms. The second-order valence-electron chi connectivity index (χ2n) is 4.31. The van der Waals surface area contributed by atoms with Gasteiger partial charge in [0.2, 0.25) is 5.91 Å². The van der Waals surface area contributed by atoms with E-state index in [0.29, 0.717) is 19.8 Å². The molecule has 0 heterocycles. The standard InChI is InChI=1S/C12H26N2O3/c1-5-10(2)13-12(16)11(3)14(4)6-8-17-9-7-15/h10-11,15H,5-9H2,1-4H3,(H,13,16). The van der Waals surface area contributed by atoms with Gasteiger partial charge in [-0.05, 0) is 27.3 Å². The smallest absolute Gasteiger partial charge is 0.237 e. The zero-order valence-corrected chi connectivity index (χ0v) is 11.4. The molecule has 2 atom stereocenters. The molecule has 2 unspecified atom stereocenters. The second-order valence-corrected chi connectivity index (χ2v) is 4.31. The van der Waals surface area contributed by atoms with Crippen molar-refractivity contribution in [2.75, 3.05) is 33.4 Å². The number of carbonyl (C=O) groups is 1. The Bertz CT molecular complexity index is 212. The zero-order valence-electron chi connectivity index (χ0n) is 11.4. The van der Waals surface area contributed by atoms with Crippen molar-refractivity contribution in [1.29, 1.82) is 0 Å². The molecule has 0 aromatic rings. The number of hydrogen-bond donors (Lipinski definition) is 2. The van der Waals surface area contributed by atoms with Crippen molar-refractivity contribution in [2.24, 2.45) is 0 Å². The Kier molecular flexibility index (Phi) is 9.03. The van der Waals surface area contributed by atoms with Crippen molar-refractivity contribution in [3.05, 3.63) is 0 Å². The summed E-state index contributed by atoms with van der Waals surface area (Å²) < 4.78 is 5.16. The Balaban J connectivity index is 3.86. The largest absolute Gasteiger partial charge is 0.394 e. The normalized spacial score (nSPS) is 14.7. The van der Waals surface area contributed by atoms with Gasteiger partial charge in [0.25, 0.3) is 0 Å². The van der Waals surface area contributed by atoms with Crippen LogP contribution in [0.25, 0.3) is 0 Å². The van der Waals surface area contributed by atoms with Crippen LogP contribution in [0.1, 0.15) is 27.2 Å². The number of rotatable bonds is 9. The number of ether oxygens (including phenoxy) is 1. The fourth-order valence-electron chi connectivity index (χ4n) is 1.23. The lowest BCUT2D eigenvalue weighted by Crippen LogP contribution is -2.46. The summed E-state index contributed by atoms with van der Waals surface area (Å²) in [6.45, 7) is 7.50. The maximum Gasteiger partial charge on any atom is 0.237 e. The van der Waals surface area contributed by atoms with Crippen LogP contribution in [0.2, 0.25) is 0 Å². The first-order chi connectivity index (χ1) is 8.02. The molecule has 0 aliphatic carbocycles. The van der Waals surface area contributed by atoms with Crippen molar-refractivity contribution < 1.29 is 14.6 Å². The number of nitrogens with one attached hydrogen (secondary N) is 1. The van der Waals surface area contributed by atoms with E-state index < -0.39 is 0 Å². The molecule has 5 nitrogen and oxygen atoms in total. The van der Waals surface area contributed by atoms with E-state index in [1.54, 1.807) is 0 Å². The van der Waals surface area contributed by atoms with Crippen LogP contribution in [0, 0.1) is 0 Å². The quantitative estimate of drug-likeness (QED) is 0.572. The van der Waals surface area contributed by atoms with Gasteiger partial charge in [0.1, 0.15) is 0 Å². The van der Waals surface area contributed by atoms with E-state index >= 15 is 0 Å². The maximum atomic E-state index is 11.8. The van der Waals surface area contributed by atoms with Gasteiger partial charge in [-0.1, -0.05) is 6.92 Å². The molecule has 0 saturated heterocycles. The fraction of sp³-hybridized carbons (Fsp3) is 0.917. The van der Waals surface area contributed by atoms with E-state index in [1.807, 2.05) is 32.7 Å². The Morgan fingerprint density at radius 2 is 2.06 bits per heavy atom. The summed E-state index contributed by atoms with van der Waals surface area (Å²) in [5.74, 6) is 0.0454. The topological polar surface area (TPSA) is 61.8 Å². The van der Waals surface area contributed by atoms with Crippen molar-refractivity contribution in [1.82, 2.24) is 10.2 Å². The lowest BCUT2D eigenvalue weighted by molar-refractivity contribution is -0.126. The molecule has 2 N–H and O–H groups in total. The van der Waals surface area contributed by atoms with Gasteiger partial charge < -0.3 is 15.2 Å². The molecule has 5 heteroatoms. The molecule has 0 bridgehead atoms. The fourth-order valence-corrected chi connectivity index (χ4v) is 1.23. The molecule has 0 aliphatic heterocycles. The van der Waals surface area contributed by atoms with Gasteiger partial charge in [-0.25, -0.2) is 0 Å². The minimum absolute atomic E-state index is 0.0355. The lowest BCUT2D eigenvalue weighted by Gasteiger charge is -2.25. The minimum Gasteiger partial charge on any atom is -0.394 e. The van der Waals surface area contributed by atoms with Gasteiger partial charge >= 0.3 is 0 Å². The molecule has 1 amide bonds. The van der Waals surface area contributed by atoms with Crippen LogP contribution in [-0.4, -0.2) is 61.4 Å². The van der Waals surface area contributed by atoms with Crippen LogP contribution in [0.5, 0.6) is 0 Å². The summed E-state index contributed by atoms with van der Waals surface area (Å²) in [5.41, 5.74) is 0. The Labute approximate surface area is 104 Å². The van der Waals surface area contributed by atoms with E-state index in [2.05, 4.69) is 5.32 Å². The van der Waals surface area contributed by atoms with Crippen molar-refractivity contribution in [3.63, 3.8) is 0 Å². The maximum absolute atomic E-state index is 11.8. The summed E-state index contributed by atoms with van der Waals surface area (Å²) in [5, 5.41) is 11.5. The molecule has 0 aromatic heterocycles. The number of nitrogens with zero attached hydrogens (tertiary/aromatic N) is 1. The van der Waals surface area contributed by atoms with E-state index in [9.17, 15) is 4.79 Å². The van der Waals surface area contributed by atoms with Gasteiger partial charge in [0.15, 0.2) is 0 Å². The number of aliphatic hydroxyl groups is 1. The van der Waals surface area contributed by atoms with Gasteiger partial charge in [0, 0.05) is 12.6 Å². The van der Waals surface area contributed by atoms with Gasteiger partial charge in [0.05, 0.1) is 25.9 Å². The van der Waals surface area contributed by atoms with Crippen LogP contribution >= 0.6 is 0 Å². The Morgan fingerprint density at radius 3 is 2.59 bits per heavy atom. The average Bonchev–Trinajstić information content (AvgIpc) is 2.33. The van der Waals surface area contributed by atoms with Crippen molar-refractivity contribution >= 4 is 5.91 Å². The number of carbonyl (C=O) groups excluding carboxylic acids is 1. The predicted octanol–water partition coefficient (Wildman–Crippen LogP) is 0.230. The third-order valence-corrected chi connectivity index (χ3v) is 2.87. The highest BCUT2D eigenvalue weighted by atomic mass is 16.5. The lowest BCUT2D eigenvalue weighted by atomic mass is 10.2. The molecule has 0 spiro atoms. The average molecular weight is 246 g/mol. The summed E-state index contributed by atoms with van der Waals surface area (Å²) in [6, 6.07) is 0.0470. The van der Waals surface area contributed by atoms with E-state index in [4.69, 9.17) is 9.84 Å². The number of hydrogen-bond acceptors (Lipinski definition) is 4. The minimum atomic E-state index is -0.165. The summed E-state index contributed by atoms with van der Waals surface area (Å²) in [4.78, 5) is 13.7. The van der Waals surface area contributed by atoms with Crippen LogP contribution in [0.15, 0.2) is 0 Å². The summed E-state index contributed by atoms with van der Waals surface area (Å²) >= 11 is 0. The van der Waals surface area contributed by atoms with E-state index in [0.717, 1.165) is 6.42 Å². The third kappa shape index (κ3) is 7.31. The Morgan fingerprint density at radius 1 is 1.41 bits per heavy atom. The highest BCUT2D eigenvalue weighted by molar-refractivity contribution is 5.81. The van der Waals surface area contributed by atoms with Crippen LogP contribution in [0.4, 0.5) is 0 Å². The highest BCUT2D eigenvalue weighted by Crippen LogP contribution is 1.98. The zero-order chi connectivity index (χ0) is 13.3.